The normalized spacial score (nSPS) is 10.9. The highest BCUT2D eigenvalue weighted by molar-refractivity contribution is 5.33. The summed E-state index contributed by atoms with van der Waals surface area (Å²) in [4.78, 5) is 0. The fourth-order valence-electron chi connectivity index (χ4n) is 0.993. The van der Waals surface area contributed by atoms with Gasteiger partial charge in [0.05, 0.1) is 11.6 Å². The van der Waals surface area contributed by atoms with E-state index in [1.165, 1.54) is 31.2 Å². The zero-order chi connectivity index (χ0) is 9.90. The second-order valence-electron chi connectivity index (χ2n) is 2.75. The molecule has 0 radical (unpaired) electrons. The lowest BCUT2D eigenvalue weighted by molar-refractivity contribution is -0.00828. The lowest BCUT2D eigenvalue weighted by Gasteiger charge is -2.13. The van der Waals surface area contributed by atoms with E-state index in [-0.39, 0.29) is 12.0 Å². The molecule has 0 amide bonds. The molecule has 0 aromatic heterocycles. The number of hydrogen-bond donors (Lipinski definition) is 0. The monoisotopic (exact) mass is 181 g/mol. The maximum absolute atomic E-state index is 13.0. The van der Waals surface area contributed by atoms with Crippen LogP contribution in [0.2, 0.25) is 0 Å². The topological polar surface area (TPSA) is 23.8 Å². The van der Waals surface area contributed by atoms with E-state index in [4.69, 9.17) is 5.26 Å². The number of hydrogen-bond acceptors (Lipinski definition) is 1. The van der Waals surface area contributed by atoms with Gasteiger partial charge in [-0.15, -0.1) is 0 Å². The lowest BCUT2D eigenvalue weighted by atomic mass is 10.0. The van der Waals surface area contributed by atoms with Crippen LogP contribution < -0.4 is 0 Å². The number of halogens is 2. The van der Waals surface area contributed by atoms with Crippen LogP contribution in [0, 0.1) is 11.3 Å². The number of nitrogens with zero attached hydrogens (tertiary/aromatic N) is 1. The van der Waals surface area contributed by atoms with Crippen LogP contribution in [0.15, 0.2) is 24.3 Å². The molecule has 0 aliphatic carbocycles. The molecule has 0 aliphatic heterocycles. The van der Waals surface area contributed by atoms with Crippen molar-refractivity contribution < 1.29 is 8.78 Å². The summed E-state index contributed by atoms with van der Waals surface area (Å²) in [6, 6.07) is 7.27. The molecule has 0 N–H and O–H groups in total. The Labute approximate surface area is 75.6 Å². The van der Waals surface area contributed by atoms with Crippen molar-refractivity contribution in [2.75, 3.05) is 0 Å². The minimum Gasteiger partial charge on any atom is -0.201 e. The zero-order valence-electron chi connectivity index (χ0n) is 7.22. The molecule has 0 fully saturated rings. The van der Waals surface area contributed by atoms with Gasteiger partial charge < -0.3 is 0 Å². The molecule has 3 heteroatoms. The van der Waals surface area contributed by atoms with E-state index in [1.54, 1.807) is 0 Å². The van der Waals surface area contributed by atoms with Gasteiger partial charge in [-0.05, 0) is 12.1 Å². The Morgan fingerprint density at radius 3 is 2.23 bits per heavy atom. The second kappa shape index (κ2) is 3.53. The third-order valence-corrected chi connectivity index (χ3v) is 1.88. The van der Waals surface area contributed by atoms with E-state index in [0.29, 0.717) is 5.56 Å². The molecule has 1 rings (SSSR count). The summed E-state index contributed by atoms with van der Waals surface area (Å²) in [5.74, 6) is -2.78. The van der Waals surface area contributed by atoms with Gasteiger partial charge in [0, 0.05) is 12.0 Å². The van der Waals surface area contributed by atoms with Gasteiger partial charge in [0.25, 0.3) is 5.92 Å². The first-order chi connectivity index (χ1) is 6.10. The average Bonchev–Trinajstić information content (AvgIpc) is 2.18. The highest BCUT2D eigenvalue weighted by Gasteiger charge is 2.28. The Bertz CT molecular complexity index is 322. The molecule has 0 atom stereocenters. The van der Waals surface area contributed by atoms with Gasteiger partial charge in [0.15, 0.2) is 0 Å². The van der Waals surface area contributed by atoms with Crippen molar-refractivity contribution in [1.29, 1.82) is 5.26 Å². The Kier molecular flexibility index (Phi) is 2.62. The summed E-state index contributed by atoms with van der Waals surface area (Å²) in [5, 5.41) is 8.45. The standard InChI is InChI=1S/C10H9F2N/c1-2-10(11,12)9-5-3-8(7-13)4-6-9/h3-6H,2H2,1H3. The summed E-state index contributed by atoms with van der Waals surface area (Å²) in [5.41, 5.74) is 0.365. The molecule has 0 spiro atoms. The minimum atomic E-state index is -2.78. The third-order valence-electron chi connectivity index (χ3n) is 1.88. The molecule has 13 heavy (non-hydrogen) atoms. The summed E-state index contributed by atoms with van der Waals surface area (Å²) in [7, 11) is 0. The van der Waals surface area contributed by atoms with Gasteiger partial charge in [0.2, 0.25) is 0 Å². The van der Waals surface area contributed by atoms with Crippen LogP contribution >= 0.6 is 0 Å². The van der Waals surface area contributed by atoms with E-state index in [9.17, 15) is 8.78 Å². The first-order valence-corrected chi connectivity index (χ1v) is 3.98. The van der Waals surface area contributed by atoms with E-state index in [2.05, 4.69) is 0 Å². The van der Waals surface area contributed by atoms with Gasteiger partial charge in [-0.3, -0.25) is 0 Å². The summed E-state index contributed by atoms with van der Waals surface area (Å²) in [6.07, 6.45) is -0.223. The molecular formula is C10H9F2N. The van der Waals surface area contributed by atoms with Gasteiger partial charge in [-0.25, -0.2) is 8.78 Å². The number of nitriles is 1. The van der Waals surface area contributed by atoms with Crippen LogP contribution in [-0.2, 0) is 5.92 Å². The van der Waals surface area contributed by atoms with Crippen molar-refractivity contribution >= 4 is 0 Å². The van der Waals surface area contributed by atoms with Crippen LogP contribution in [0.5, 0.6) is 0 Å². The molecule has 0 aliphatic rings. The molecule has 1 aromatic rings. The van der Waals surface area contributed by atoms with Gasteiger partial charge >= 0.3 is 0 Å². The maximum Gasteiger partial charge on any atom is 0.273 e. The van der Waals surface area contributed by atoms with Gasteiger partial charge in [-0.1, -0.05) is 19.1 Å². The Morgan fingerprint density at radius 1 is 1.31 bits per heavy atom. The van der Waals surface area contributed by atoms with Crippen molar-refractivity contribution in [3.8, 4) is 6.07 Å². The zero-order valence-corrected chi connectivity index (χ0v) is 7.22. The van der Waals surface area contributed by atoms with Gasteiger partial charge in [-0.2, -0.15) is 5.26 Å². The minimum absolute atomic E-state index is 0.0333. The predicted octanol–water partition coefficient (Wildman–Crippen LogP) is 3.06. The Balaban J connectivity index is 3.00. The van der Waals surface area contributed by atoms with Crippen LogP contribution in [0.1, 0.15) is 24.5 Å². The molecular weight excluding hydrogens is 172 g/mol. The molecule has 1 nitrogen and oxygen atoms in total. The SMILES string of the molecule is CCC(F)(F)c1ccc(C#N)cc1. The van der Waals surface area contributed by atoms with E-state index in [1.807, 2.05) is 6.07 Å². The summed E-state index contributed by atoms with van der Waals surface area (Å²) < 4.78 is 26.1. The summed E-state index contributed by atoms with van der Waals surface area (Å²) >= 11 is 0. The fraction of sp³-hybridized carbons (Fsp3) is 0.300. The molecule has 0 heterocycles. The number of alkyl halides is 2. The van der Waals surface area contributed by atoms with Crippen LogP contribution in [0.4, 0.5) is 8.78 Å². The molecule has 0 saturated carbocycles. The fourth-order valence-corrected chi connectivity index (χ4v) is 0.993. The van der Waals surface area contributed by atoms with Crippen LogP contribution in [0.3, 0.4) is 0 Å². The van der Waals surface area contributed by atoms with Crippen LogP contribution in [-0.4, -0.2) is 0 Å². The molecule has 68 valence electrons. The van der Waals surface area contributed by atoms with E-state index >= 15 is 0 Å². The largest absolute Gasteiger partial charge is 0.273 e. The number of rotatable bonds is 2. The van der Waals surface area contributed by atoms with Crippen molar-refractivity contribution in [3.05, 3.63) is 35.4 Å². The highest BCUT2D eigenvalue weighted by Crippen LogP contribution is 2.30. The molecule has 0 saturated heterocycles. The molecule has 0 unspecified atom stereocenters. The molecule has 0 bridgehead atoms. The van der Waals surface area contributed by atoms with Crippen molar-refractivity contribution in [2.45, 2.75) is 19.3 Å². The second-order valence-corrected chi connectivity index (χ2v) is 2.75. The Morgan fingerprint density at radius 2 is 1.85 bits per heavy atom. The molecule has 1 aromatic carbocycles. The Hall–Kier alpha value is -1.43. The first-order valence-electron chi connectivity index (χ1n) is 3.98. The maximum atomic E-state index is 13.0. The third kappa shape index (κ3) is 2.03. The van der Waals surface area contributed by atoms with Crippen molar-refractivity contribution in [2.24, 2.45) is 0 Å². The number of benzene rings is 1. The van der Waals surface area contributed by atoms with E-state index < -0.39 is 5.92 Å². The van der Waals surface area contributed by atoms with E-state index in [0.717, 1.165) is 0 Å². The van der Waals surface area contributed by atoms with Crippen molar-refractivity contribution in [1.82, 2.24) is 0 Å². The van der Waals surface area contributed by atoms with Gasteiger partial charge in [0.1, 0.15) is 0 Å². The summed E-state index contributed by atoms with van der Waals surface area (Å²) in [6.45, 7) is 1.43. The lowest BCUT2D eigenvalue weighted by Crippen LogP contribution is -2.10. The quantitative estimate of drug-likeness (QED) is 0.687. The first kappa shape index (κ1) is 9.66. The smallest absolute Gasteiger partial charge is 0.201 e. The average molecular weight is 181 g/mol. The highest BCUT2D eigenvalue weighted by atomic mass is 19.3. The van der Waals surface area contributed by atoms with Crippen molar-refractivity contribution in [3.63, 3.8) is 0 Å². The predicted molar refractivity (Wildman–Crippen MR) is 45.3 cm³/mol. The van der Waals surface area contributed by atoms with Crippen LogP contribution in [0.25, 0.3) is 0 Å².